The van der Waals surface area contributed by atoms with Crippen LogP contribution in [0.15, 0.2) is 23.4 Å². The van der Waals surface area contributed by atoms with Gasteiger partial charge in [-0.15, -0.1) is 0 Å². The van der Waals surface area contributed by atoms with Gasteiger partial charge in [0.15, 0.2) is 5.57 Å². The van der Waals surface area contributed by atoms with E-state index >= 15 is 0 Å². The van der Waals surface area contributed by atoms with E-state index < -0.39 is 11.5 Å². The van der Waals surface area contributed by atoms with Gasteiger partial charge in [-0.25, -0.2) is 4.79 Å². The molecule has 0 saturated carbocycles. The molecule has 0 radical (unpaired) electrons. The quantitative estimate of drug-likeness (QED) is 0.828. The summed E-state index contributed by atoms with van der Waals surface area (Å²) in [6.45, 7) is 0. The summed E-state index contributed by atoms with van der Waals surface area (Å²) in [5.41, 5.74) is -1.15. The zero-order valence-corrected chi connectivity index (χ0v) is 11.1. The SMILES string of the molecule is N#CC(C#N)=C(C#N)Nc1cc(Cl)c(Cl)cc1C(=O)O. The molecule has 20 heavy (non-hydrogen) atoms. The summed E-state index contributed by atoms with van der Waals surface area (Å²) >= 11 is 11.5. The molecule has 6 nitrogen and oxygen atoms in total. The predicted octanol–water partition coefficient (Wildman–Crippen LogP) is 2.93. The molecule has 0 atom stereocenters. The number of hydrogen-bond donors (Lipinski definition) is 2. The van der Waals surface area contributed by atoms with Crippen LogP contribution in [0.5, 0.6) is 0 Å². The molecule has 0 fully saturated rings. The van der Waals surface area contributed by atoms with E-state index in [2.05, 4.69) is 5.32 Å². The number of nitriles is 3. The number of benzene rings is 1. The molecule has 0 bridgehead atoms. The molecule has 2 N–H and O–H groups in total. The van der Waals surface area contributed by atoms with Crippen molar-refractivity contribution in [2.45, 2.75) is 0 Å². The van der Waals surface area contributed by atoms with Crippen molar-refractivity contribution in [2.75, 3.05) is 5.32 Å². The third kappa shape index (κ3) is 3.18. The van der Waals surface area contributed by atoms with Crippen molar-refractivity contribution in [1.82, 2.24) is 0 Å². The molecule has 0 amide bonds. The average Bonchev–Trinajstić information content (AvgIpc) is 2.42. The molecule has 1 aromatic carbocycles. The minimum absolute atomic E-state index is 0.0258. The molecule has 0 aliphatic heterocycles. The average molecular weight is 307 g/mol. The summed E-state index contributed by atoms with van der Waals surface area (Å²) < 4.78 is 0. The van der Waals surface area contributed by atoms with Gasteiger partial charge < -0.3 is 10.4 Å². The number of aromatic carboxylic acids is 1. The van der Waals surface area contributed by atoms with E-state index in [0.29, 0.717) is 0 Å². The van der Waals surface area contributed by atoms with E-state index in [-0.39, 0.29) is 27.0 Å². The topological polar surface area (TPSA) is 121 Å². The minimum Gasteiger partial charge on any atom is -0.478 e. The number of rotatable bonds is 3. The van der Waals surface area contributed by atoms with E-state index in [1.165, 1.54) is 18.2 Å². The maximum Gasteiger partial charge on any atom is 0.337 e. The van der Waals surface area contributed by atoms with Gasteiger partial charge in [-0.3, -0.25) is 0 Å². The van der Waals surface area contributed by atoms with Gasteiger partial charge in [-0.2, -0.15) is 15.8 Å². The molecule has 0 spiro atoms. The second-order valence-corrected chi connectivity index (χ2v) is 4.14. The maximum absolute atomic E-state index is 11.1. The van der Waals surface area contributed by atoms with E-state index in [4.69, 9.17) is 44.1 Å². The van der Waals surface area contributed by atoms with E-state index in [1.54, 1.807) is 6.07 Å². The number of allylic oxidation sites excluding steroid dienone is 2. The molecule has 0 aromatic heterocycles. The summed E-state index contributed by atoms with van der Waals surface area (Å²) in [6, 6.07) is 6.95. The molecule has 0 saturated heterocycles. The molecule has 98 valence electrons. The van der Waals surface area contributed by atoms with Gasteiger partial charge in [-0.1, -0.05) is 23.2 Å². The Bertz CT molecular complexity index is 720. The van der Waals surface area contributed by atoms with Gasteiger partial charge in [-0.05, 0) is 12.1 Å². The number of carboxylic acid groups (broad SMARTS) is 1. The predicted molar refractivity (Wildman–Crippen MR) is 70.9 cm³/mol. The molecule has 8 heteroatoms. The van der Waals surface area contributed by atoms with Crippen molar-refractivity contribution >= 4 is 34.9 Å². The Hall–Kier alpha value is -2.72. The Balaban J connectivity index is 3.43. The number of carboxylic acids is 1. The maximum atomic E-state index is 11.1. The first-order valence-electron chi connectivity index (χ1n) is 4.88. The van der Waals surface area contributed by atoms with Crippen molar-refractivity contribution in [3.63, 3.8) is 0 Å². The third-order valence-electron chi connectivity index (χ3n) is 2.14. The van der Waals surface area contributed by atoms with E-state index in [9.17, 15) is 4.79 Å². The minimum atomic E-state index is -1.31. The molecular formula is C12H4Cl2N4O2. The van der Waals surface area contributed by atoms with Crippen molar-refractivity contribution in [2.24, 2.45) is 0 Å². The highest BCUT2D eigenvalue weighted by atomic mass is 35.5. The summed E-state index contributed by atoms with van der Waals surface area (Å²) in [5, 5.41) is 37.8. The molecule has 1 rings (SSSR count). The Labute approximate surface area is 123 Å². The number of nitrogens with one attached hydrogen (secondary N) is 1. The first-order valence-corrected chi connectivity index (χ1v) is 5.64. The molecule has 1 aromatic rings. The van der Waals surface area contributed by atoms with Gasteiger partial charge >= 0.3 is 5.97 Å². The fraction of sp³-hybridized carbons (Fsp3) is 0. The Morgan fingerprint density at radius 1 is 1.10 bits per heavy atom. The first-order chi connectivity index (χ1) is 9.44. The van der Waals surface area contributed by atoms with Crippen LogP contribution >= 0.6 is 23.2 Å². The van der Waals surface area contributed by atoms with Crippen LogP contribution in [0.3, 0.4) is 0 Å². The Kier molecular flexibility index (Phi) is 4.94. The molecular weight excluding hydrogens is 303 g/mol. The number of carbonyl (C=O) groups is 1. The van der Waals surface area contributed by atoms with Gasteiger partial charge in [0.05, 0.1) is 21.3 Å². The smallest absolute Gasteiger partial charge is 0.337 e. The van der Waals surface area contributed by atoms with E-state index in [1.807, 2.05) is 0 Å². The van der Waals surface area contributed by atoms with Gasteiger partial charge in [0.1, 0.15) is 23.9 Å². The Morgan fingerprint density at radius 3 is 2.10 bits per heavy atom. The fourth-order valence-electron chi connectivity index (χ4n) is 1.25. The normalized spacial score (nSPS) is 8.75. The number of hydrogen-bond acceptors (Lipinski definition) is 5. The van der Waals surface area contributed by atoms with Crippen LogP contribution in [0, 0.1) is 34.0 Å². The highest BCUT2D eigenvalue weighted by molar-refractivity contribution is 6.42. The molecule has 0 aliphatic rings. The van der Waals surface area contributed by atoms with Crippen LogP contribution in [-0.4, -0.2) is 11.1 Å². The standard InChI is InChI=1S/C12H4Cl2N4O2/c13-8-1-7(12(19)20)10(2-9(8)14)18-11(5-17)6(3-15)4-16/h1-2,18H,(H,19,20). The van der Waals surface area contributed by atoms with Crippen LogP contribution in [0.1, 0.15) is 10.4 Å². The van der Waals surface area contributed by atoms with Crippen molar-refractivity contribution in [3.8, 4) is 18.2 Å². The lowest BCUT2D eigenvalue weighted by Gasteiger charge is -2.10. The van der Waals surface area contributed by atoms with Gasteiger partial charge in [0, 0.05) is 0 Å². The molecule has 0 unspecified atom stereocenters. The van der Waals surface area contributed by atoms with Crippen LogP contribution in [0.2, 0.25) is 10.0 Å². The lowest BCUT2D eigenvalue weighted by Crippen LogP contribution is -2.07. The van der Waals surface area contributed by atoms with Crippen molar-refractivity contribution in [1.29, 1.82) is 15.8 Å². The second kappa shape index (κ2) is 6.45. The lowest BCUT2D eigenvalue weighted by molar-refractivity contribution is 0.0698. The molecule has 0 aliphatic carbocycles. The number of halogens is 2. The first kappa shape index (κ1) is 15.3. The zero-order valence-electron chi connectivity index (χ0n) is 9.61. The van der Waals surface area contributed by atoms with Crippen molar-refractivity contribution < 1.29 is 9.90 Å². The van der Waals surface area contributed by atoms with Crippen molar-refractivity contribution in [3.05, 3.63) is 39.0 Å². The van der Waals surface area contributed by atoms with E-state index in [0.717, 1.165) is 6.07 Å². The summed E-state index contributed by atoms with van der Waals surface area (Å²) in [7, 11) is 0. The van der Waals surface area contributed by atoms with Crippen LogP contribution in [-0.2, 0) is 0 Å². The second-order valence-electron chi connectivity index (χ2n) is 3.33. The largest absolute Gasteiger partial charge is 0.478 e. The van der Waals surface area contributed by atoms with Crippen LogP contribution < -0.4 is 5.32 Å². The summed E-state index contributed by atoms with van der Waals surface area (Å²) in [5.74, 6) is -1.31. The lowest BCUT2D eigenvalue weighted by atomic mass is 10.1. The van der Waals surface area contributed by atoms with Crippen LogP contribution in [0.25, 0.3) is 0 Å². The fourth-order valence-corrected chi connectivity index (χ4v) is 1.57. The highest BCUT2D eigenvalue weighted by Crippen LogP contribution is 2.30. The van der Waals surface area contributed by atoms with Gasteiger partial charge in [0.25, 0.3) is 0 Å². The highest BCUT2D eigenvalue weighted by Gasteiger charge is 2.16. The monoisotopic (exact) mass is 306 g/mol. The Morgan fingerprint density at radius 2 is 1.65 bits per heavy atom. The number of nitrogens with zero attached hydrogens (tertiary/aromatic N) is 3. The third-order valence-corrected chi connectivity index (χ3v) is 2.86. The molecule has 0 heterocycles. The van der Waals surface area contributed by atoms with Crippen LogP contribution in [0.4, 0.5) is 5.69 Å². The zero-order chi connectivity index (χ0) is 15.3. The summed E-state index contributed by atoms with van der Waals surface area (Å²) in [4.78, 5) is 11.1. The van der Waals surface area contributed by atoms with Gasteiger partial charge in [0.2, 0.25) is 0 Å². The summed E-state index contributed by atoms with van der Waals surface area (Å²) in [6.07, 6.45) is 0. The number of anilines is 1.